The Kier molecular flexibility index (Phi) is 69.0. The van der Waals surface area contributed by atoms with E-state index in [-0.39, 0.29) is 25.7 Å². The van der Waals surface area contributed by atoms with Crippen molar-refractivity contribution in [1.29, 1.82) is 0 Å². The van der Waals surface area contributed by atoms with Crippen LogP contribution in [0.5, 0.6) is 0 Å². The summed E-state index contributed by atoms with van der Waals surface area (Å²) in [5.41, 5.74) is 0. The van der Waals surface area contributed by atoms with Crippen LogP contribution in [0.25, 0.3) is 0 Å². The second-order valence-corrected chi connectivity index (χ2v) is 32.4. The SMILES string of the molecule is CCCCCCCCCCCCCCCCCCCC(=O)OC[C@H](COP(=O)(O)OC[C@@H](O)COP(=O)(O)OC[C@@H](COC(=O)CCCCCCCCCCC(C)CC)OC(=O)CCCCCCCCCCC(C)CC)OC(=O)CCCCCCCCCCCCCCCCC(C)CC. The molecule has 0 fully saturated rings. The Balaban J connectivity index is 5.26. The maximum atomic E-state index is 13.1. The predicted octanol–water partition coefficient (Wildman–Crippen LogP) is 23.7. The van der Waals surface area contributed by atoms with Gasteiger partial charge in [-0.25, -0.2) is 9.13 Å². The van der Waals surface area contributed by atoms with Gasteiger partial charge in [0.2, 0.25) is 0 Å². The molecule has 0 saturated heterocycles. The van der Waals surface area contributed by atoms with Crippen LogP contribution < -0.4 is 0 Å². The average molecular weight is 1450 g/mol. The number of carbonyl (C=O) groups is 4. The molecule has 0 aromatic rings. The van der Waals surface area contributed by atoms with Gasteiger partial charge in [-0.3, -0.25) is 37.3 Å². The van der Waals surface area contributed by atoms with Gasteiger partial charge in [-0.15, -0.1) is 0 Å². The highest BCUT2D eigenvalue weighted by molar-refractivity contribution is 7.47. The summed E-state index contributed by atoms with van der Waals surface area (Å²) in [6.45, 7) is 12.0. The van der Waals surface area contributed by atoms with Crippen molar-refractivity contribution in [2.24, 2.45) is 17.8 Å². The Hall–Kier alpha value is -1.94. The molecule has 0 spiro atoms. The van der Waals surface area contributed by atoms with Gasteiger partial charge in [0.15, 0.2) is 12.2 Å². The summed E-state index contributed by atoms with van der Waals surface area (Å²) in [5.74, 6) is 0.279. The highest BCUT2D eigenvalue weighted by Gasteiger charge is 2.30. The summed E-state index contributed by atoms with van der Waals surface area (Å²) < 4.78 is 68.7. The van der Waals surface area contributed by atoms with Crippen molar-refractivity contribution >= 4 is 39.5 Å². The van der Waals surface area contributed by atoms with Crippen LogP contribution in [0, 0.1) is 17.8 Å². The number of carbonyl (C=O) groups excluding carboxylic acids is 4. The Labute approximate surface area is 607 Å². The van der Waals surface area contributed by atoms with Crippen LogP contribution in [0.1, 0.15) is 414 Å². The quantitative estimate of drug-likeness (QED) is 0.0222. The molecule has 99 heavy (non-hydrogen) atoms. The lowest BCUT2D eigenvalue weighted by molar-refractivity contribution is -0.161. The van der Waals surface area contributed by atoms with Crippen molar-refractivity contribution in [3.8, 4) is 0 Å². The lowest BCUT2D eigenvalue weighted by Crippen LogP contribution is -2.30. The number of aliphatic hydroxyl groups excluding tert-OH is 1. The highest BCUT2D eigenvalue weighted by atomic mass is 31.2. The molecular formula is C80H156O17P2. The number of rotatable bonds is 78. The third kappa shape index (κ3) is 70.2. The molecule has 3 N–H and O–H groups in total. The summed E-state index contributed by atoms with van der Waals surface area (Å²) in [5, 5.41) is 10.6. The average Bonchev–Trinajstić information content (AvgIpc) is 1.08. The lowest BCUT2D eigenvalue weighted by atomic mass is 9.99. The second-order valence-electron chi connectivity index (χ2n) is 29.5. The number of phosphoric acid groups is 2. The first-order chi connectivity index (χ1) is 47.8. The molecule has 0 aromatic carbocycles. The highest BCUT2D eigenvalue weighted by Crippen LogP contribution is 2.45. The Bertz CT molecular complexity index is 1930. The summed E-state index contributed by atoms with van der Waals surface area (Å²) in [6, 6.07) is 0. The normalized spacial score (nSPS) is 14.8. The standard InChI is InChI=1S/C80H156O17P2/c1-8-12-13-14-15-16-17-18-19-20-21-25-28-31-40-47-54-61-77(82)90-67-75(96-79(84)63-56-49-42-32-29-26-23-22-24-27-30-37-44-51-58-71(5)9-2)69-94-98(86,87)92-65-74(81)66-93-99(88,89)95-70-76(97-80(85)64-57-50-43-36-34-39-46-53-60-73(7)11-4)68-91-78(83)62-55-48-41-35-33-38-45-52-59-72(6)10-3/h71-76,81H,8-70H2,1-7H3,(H,86,87)(H,88,89)/t71?,72?,73?,74-,75-,76-/m1/s1. The minimum Gasteiger partial charge on any atom is -0.462 e. The van der Waals surface area contributed by atoms with E-state index in [0.29, 0.717) is 25.7 Å². The largest absolute Gasteiger partial charge is 0.472 e. The molecule has 0 heterocycles. The van der Waals surface area contributed by atoms with Gasteiger partial charge in [0.05, 0.1) is 26.4 Å². The van der Waals surface area contributed by atoms with Crippen LogP contribution in [0.2, 0.25) is 0 Å². The van der Waals surface area contributed by atoms with Gasteiger partial charge in [-0.1, -0.05) is 363 Å². The van der Waals surface area contributed by atoms with Gasteiger partial charge in [0.25, 0.3) is 0 Å². The van der Waals surface area contributed by atoms with Gasteiger partial charge < -0.3 is 33.8 Å². The maximum Gasteiger partial charge on any atom is 0.472 e. The smallest absolute Gasteiger partial charge is 0.462 e. The molecule has 0 bridgehead atoms. The second kappa shape index (κ2) is 70.4. The molecule has 0 saturated carbocycles. The molecule has 0 amide bonds. The molecule has 588 valence electrons. The number of hydrogen-bond donors (Lipinski definition) is 3. The summed E-state index contributed by atoms with van der Waals surface area (Å²) in [4.78, 5) is 73.0. The van der Waals surface area contributed by atoms with E-state index in [1.165, 1.54) is 225 Å². The van der Waals surface area contributed by atoms with E-state index in [9.17, 15) is 43.2 Å². The van der Waals surface area contributed by atoms with Crippen LogP contribution in [0.4, 0.5) is 0 Å². The fraction of sp³-hybridized carbons (Fsp3) is 0.950. The summed E-state index contributed by atoms with van der Waals surface area (Å²) >= 11 is 0. The van der Waals surface area contributed by atoms with E-state index < -0.39 is 97.5 Å². The predicted molar refractivity (Wildman–Crippen MR) is 405 cm³/mol. The first kappa shape index (κ1) is 97.1. The van der Waals surface area contributed by atoms with Gasteiger partial charge >= 0.3 is 39.5 Å². The van der Waals surface area contributed by atoms with Crippen molar-refractivity contribution in [2.75, 3.05) is 39.6 Å². The zero-order chi connectivity index (χ0) is 73.0. The Morgan fingerprint density at radius 1 is 0.283 bits per heavy atom. The van der Waals surface area contributed by atoms with Crippen molar-refractivity contribution in [3.05, 3.63) is 0 Å². The van der Waals surface area contributed by atoms with Crippen molar-refractivity contribution < 1.29 is 80.2 Å². The van der Waals surface area contributed by atoms with Gasteiger partial charge in [0, 0.05) is 25.7 Å². The maximum absolute atomic E-state index is 13.1. The molecule has 0 aromatic heterocycles. The van der Waals surface area contributed by atoms with Gasteiger partial charge in [-0.2, -0.15) is 0 Å². The number of aliphatic hydroxyl groups is 1. The summed E-state index contributed by atoms with van der Waals surface area (Å²) in [7, 11) is -9.92. The lowest BCUT2D eigenvalue weighted by Gasteiger charge is -2.21. The van der Waals surface area contributed by atoms with Gasteiger partial charge in [-0.05, 0) is 43.4 Å². The molecule has 0 rings (SSSR count). The topological polar surface area (TPSA) is 237 Å². The molecule has 0 aliphatic rings. The zero-order valence-electron chi connectivity index (χ0n) is 65.0. The molecule has 5 unspecified atom stereocenters. The van der Waals surface area contributed by atoms with Crippen LogP contribution in [0.15, 0.2) is 0 Å². The van der Waals surface area contributed by atoms with Crippen LogP contribution in [0.3, 0.4) is 0 Å². The number of phosphoric ester groups is 2. The third-order valence-electron chi connectivity index (χ3n) is 19.7. The number of esters is 4. The first-order valence-corrected chi connectivity index (χ1v) is 44.5. The Morgan fingerprint density at radius 3 is 0.717 bits per heavy atom. The van der Waals surface area contributed by atoms with Crippen molar-refractivity contribution in [2.45, 2.75) is 433 Å². The molecular weight excluding hydrogens is 1290 g/mol. The molecule has 8 atom stereocenters. The van der Waals surface area contributed by atoms with Crippen LogP contribution >= 0.6 is 15.6 Å². The Morgan fingerprint density at radius 2 is 0.485 bits per heavy atom. The van der Waals surface area contributed by atoms with Crippen molar-refractivity contribution in [1.82, 2.24) is 0 Å². The molecule has 17 nitrogen and oxygen atoms in total. The van der Waals surface area contributed by atoms with Crippen LogP contribution in [-0.2, 0) is 65.4 Å². The van der Waals surface area contributed by atoms with Gasteiger partial charge in [0.1, 0.15) is 19.3 Å². The van der Waals surface area contributed by atoms with E-state index in [2.05, 4.69) is 48.5 Å². The fourth-order valence-electron chi connectivity index (χ4n) is 12.2. The monoisotopic (exact) mass is 1450 g/mol. The third-order valence-corrected chi connectivity index (χ3v) is 21.6. The van der Waals surface area contributed by atoms with E-state index in [0.717, 1.165) is 108 Å². The van der Waals surface area contributed by atoms with E-state index >= 15 is 0 Å². The minimum absolute atomic E-state index is 0.105. The number of unbranched alkanes of at least 4 members (excludes halogenated alkanes) is 43. The van der Waals surface area contributed by atoms with E-state index in [1.807, 2.05) is 0 Å². The molecule has 19 heteroatoms. The van der Waals surface area contributed by atoms with Crippen LogP contribution in [-0.4, -0.2) is 96.7 Å². The summed E-state index contributed by atoms with van der Waals surface area (Å²) in [6.07, 6.45) is 58.1. The minimum atomic E-state index is -4.96. The number of ether oxygens (including phenoxy) is 4. The number of hydrogen-bond acceptors (Lipinski definition) is 15. The fourth-order valence-corrected chi connectivity index (χ4v) is 13.8. The molecule has 0 aliphatic heterocycles. The first-order valence-electron chi connectivity index (χ1n) is 41.5. The molecule has 0 aliphatic carbocycles. The molecule has 0 radical (unpaired) electrons. The van der Waals surface area contributed by atoms with Crippen molar-refractivity contribution in [3.63, 3.8) is 0 Å². The van der Waals surface area contributed by atoms with E-state index in [1.54, 1.807) is 0 Å². The van der Waals surface area contributed by atoms with E-state index in [4.69, 9.17) is 37.0 Å². The zero-order valence-corrected chi connectivity index (χ0v) is 66.8.